The van der Waals surface area contributed by atoms with Crippen molar-refractivity contribution in [2.45, 2.75) is 65.6 Å². The molecule has 0 nitrogen and oxygen atoms in total. The lowest BCUT2D eigenvalue weighted by Crippen LogP contribution is -2.29. The van der Waals surface area contributed by atoms with Gasteiger partial charge < -0.3 is 0 Å². The molecule has 1 atom stereocenters. The van der Waals surface area contributed by atoms with Crippen LogP contribution < -0.4 is 0 Å². The fourth-order valence-corrected chi connectivity index (χ4v) is 1.65. The summed E-state index contributed by atoms with van der Waals surface area (Å²) in [5.41, 5.74) is 0.531. The van der Waals surface area contributed by atoms with Crippen molar-refractivity contribution >= 4 is 7.85 Å². The Labute approximate surface area is 79.5 Å². The Kier molecular flexibility index (Phi) is 4.37. The van der Waals surface area contributed by atoms with Crippen molar-refractivity contribution < 1.29 is 0 Å². The Hall–Kier alpha value is 0.0649. The van der Waals surface area contributed by atoms with Gasteiger partial charge in [-0.1, -0.05) is 59.2 Å². The Morgan fingerprint density at radius 2 is 1.58 bits per heavy atom. The van der Waals surface area contributed by atoms with E-state index in [0.29, 0.717) is 10.7 Å². The molecule has 72 valence electrons. The molecule has 0 amide bonds. The van der Waals surface area contributed by atoms with E-state index in [9.17, 15) is 0 Å². The molecule has 0 saturated carbocycles. The summed E-state index contributed by atoms with van der Waals surface area (Å²) in [7, 11) is 2.37. The standard InChI is InChI=1S/C11H25B/c1-6-8-9-11(5,7-2)10(3,4)12/h6-9,12H2,1-5H3. The predicted molar refractivity (Wildman–Crippen MR) is 60.5 cm³/mol. The smallest absolute Gasteiger partial charge is 0.0667 e. The number of hydrogen-bond donors (Lipinski definition) is 0. The fourth-order valence-electron chi connectivity index (χ4n) is 1.65. The molecule has 0 aromatic heterocycles. The first-order valence-corrected chi connectivity index (χ1v) is 5.37. The normalized spacial score (nSPS) is 17.4. The molecule has 0 spiro atoms. The summed E-state index contributed by atoms with van der Waals surface area (Å²) in [5, 5.41) is 0.455. The van der Waals surface area contributed by atoms with Gasteiger partial charge >= 0.3 is 0 Å². The third kappa shape index (κ3) is 2.84. The highest BCUT2D eigenvalue weighted by Crippen LogP contribution is 2.48. The van der Waals surface area contributed by atoms with Crippen LogP contribution in [0.25, 0.3) is 0 Å². The second-order valence-electron chi connectivity index (χ2n) is 5.27. The van der Waals surface area contributed by atoms with Crippen LogP contribution in [0, 0.1) is 5.41 Å². The van der Waals surface area contributed by atoms with Gasteiger partial charge in [-0.15, -0.1) is 0 Å². The minimum atomic E-state index is 0.455. The molecular weight excluding hydrogens is 143 g/mol. The van der Waals surface area contributed by atoms with Gasteiger partial charge in [0.1, 0.15) is 7.85 Å². The van der Waals surface area contributed by atoms with E-state index in [2.05, 4.69) is 42.5 Å². The molecule has 1 unspecified atom stereocenters. The van der Waals surface area contributed by atoms with Crippen LogP contribution in [0.3, 0.4) is 0 Å². The molecule has 0 saturated heterocycles. The summed E-state index contributed by atoms with van der Waals surface area (Å²) in [5.74, 6) is 0. The molecule has 1 heteroatoms. The van der Waals surface area contributed by atoms with Gasteiger partial charge in [0.25, 0.3) is 0 Å². The van der Waals surface area contributed by atoms with Gasteiger partial charge in [0.05, 0.1) is 0 Å². The average Bonchev–Trinajstić information content (AvgIpc) is 1.98. The molecule has 0 aliphatic heterocycles. The van der Waals surface area contributed by atoms with Crippen molar-refractivity contribution in [3.8, 4) is 0 Å². The zero-order valence-corrected chi connectivity index (χ0v) is 9.83. The summed E-state index contributed by atoms with van der Waals surface area (Å²) in [6, 6.07) is 0. The zero-order valence-electron chi connectivity index (χ0n) is 9.83. The van der Waals surface area contributed by atoms with Crippen LogP contribution in [0.15, 0.2) is 0 Å². The minimum Gasteiger partial charge on any atom is -0.0667 e. The van der Waals surface area contributed by atoms with Crippen LogP contribution in [0.1, 0.15) is 60.3 Å². The first kappa shape index (κ1) is 12.1. The molecule has 12 heavy (non-hydrogen) atoms. The summed E-state index contributed by atoms with van der Waals surface area (Å²) < 4.78 is 0. The van der Waals surface area contributed by atoms with Crippen LogP contribution in [-0.4, -0.2) is 7.85 Å². The molecule has 0 rings (SSSR count). The quantitative estimate of drug-likeness (QED) is 0.551. The second-order valence-corrected chi connectivity index (χ2v) is 5.27. The average molecular weight is 168 g/mol. The van der Waals surface area contributed by atoms with Gasteiger partial charge in [-0.3, -0.25) is 0 Å². The Bertz CT molecular complexity index is 123. The number of rotatable bonds is 5. The molecule has 0 N–H and O–H groups in total. The number of hydrogen-bond acceptors (Lipinski definition) is 0. The largest absolute Gasteiger partial charge is 0.109 e. The van der Waals surface area contributed by atoms with Crippen LogP contribution in [0.4, 0.5) is 0 Å². The van der Waals surface area contributed by atoms with E-state index in [0.717, 1.165) is 0 Å². The van der Waals surface area contributed by atoms with Crippen molar-refractivity contribution in [3.05, 3.63) is 0 Å². The maximum Gasteiger partial charge on any atom is 0.109 e. The van der Waals surface area contributed by atoms with Gasteiger partial charge in [-0.05, 0) is 11.8 Å². The molecule has 0 bridgehead atoms. The Balaban J connectivity index is 4.24. The molecule has 0 aromatic carbocycles. The molecule has 0 fully saturated rings. The van der Waals surface area contributed by atoms with Gasteiger partial charge in [-0.2, -0.15) is 0 Å². The highest BCUT2D eigenvalue weighted by atomic mass is 14.4. The molecule has 0 aromatic rings. The molecule has 0 heterocycles. The Morgan fingerprint density at radius 3 is 1.83 bits per heavy atom. The van der Waals surface area contributed by atoms with E-state index in [1.807, 2.05) is 0 Å². The lowest BCUT2D eigenvalue weighted by molar-refractivity contribution is 0.200. The Morgan fingerprint density at radius 1 is 1.08 bits per heavy atom. The van der Waals surface area contributed by atoms with Crippen molar-refractivity contribution in [2.24, 2.45) is 5.41 Å². The van der Waals surface area contributed by atoms with Crippen LogP contribution in [-0.2, 0) is 0 Å². The van der Waals surface area contributed by atoms with E-state index in [1.54, 1.807) is 0 Å². The topological polar surface area (TPSA) is 0 Å². The second kappa shape index (κ2) is 4.34. The van der Waals surface area contributed by atoms with Crippen molar-refractivity contribution in [3.63, 3.8) is 0 Å². The molecule has 0 radical (unpaired) electrons. The van der Waals surface area contributed by atoms with E-state index >= 15 is 0 Å². The van der Waals surface area contributed by atoms with E-state index in [1.165, 1.54) is 25.7 Å². The van der Waals surface area contributed by atoms with Crippen LogP contribution in [0.5, 0.6) is 0 Å². The van der Waals surface area contributed by atoms with Crippen molar-refractivity contribution in [1.82, 2.24) is 0 Å². The van der Waals surface area contributed by atoms with E-state index < -0.39 is 0 Å². The monoisotopic (exact) mass is 168 g/mol. The van der Waals surface area contributed by atoms with Gasteiger partial charge in [0, 0.05) is 0 Å². The third-order valence-electron chi connectivity index (χ3n) is 3.67. The van der Waals surface area contributed by atoms with E-state index in [-0.39, 0.29) is 0 Å². The van der Waals surface area contributed by atoms with Gasteiger partial charge in [-0.25, -0.2) is 0 Å². The van der Waals surface area contributed by atoms with Crippen molar-refractivity contribution in [1.29, 1.82) is 0 Å². The minimum absolute atomic E-state index is 0.455. The lowest BCUT2D eigenvalue weighted by Gasteiger charge is -2.42. The van der Waals surface area contributed by atoms with E-state index in [4.69, 9.17) is 0 Å². The summed E-state index contributed by atoms with van der Waals surface area (Å²) in [6.45, 7) is 11.8. The highest BCUT2D eigenvalue weighted by molar-refractivity contribution is 6.15. The van der Waals surface area contributed by atoms with Crippen LogP contribution >= 0.6 is 0 Å². The highest BCUT2D eigenvalue weighted by Gasteiger charge is 2.34. The number of unbranched alkanes of at least 4 members (excludes halogenated alkanes) is 1. The first-order valence-electron chi connectivity index (χ1n) is 5.37. The van der Waals surface area contributed by atoms with Crippen molar-refractivity contribution in [2.75, 3.05) is 0 Å². The maximum atomic E-state index is 2.43. The summed E-state index contributed by atoms with van der Waals surface area (Å²) in [4.78, 5) is 0. The summed E-state index contributed by atoms with van der Waals surface area (Å²) >= 11 is 0. The fraction of sp³-hybridized carbons (Fsp3) is 1.00. The zero-order chi connectivity index (χ0) is 9.83. The third-order valence-corrected chi connectivity index (χ3v) is 3.67. The molecule has 0 aliphatic carbocycles. The molecule has 0 aliphatic rings. The SMILES string of the molecule is BC(C)(C)C(C)(CC)CCCC. The van der Waals surface area contributed by atoms with Gasteiger partial charge in [0.2, 0.25) is 0 Å². The first-order chi connectivity index (χ1) is 5.37. The maximum absolute atomic E-state index is 2.43. The predicted octanol–water partition coefficient (Wildman–Crippen LogP) is 3.42. The van der Waals surface area contributed by atoms with Gasteiger partial charge in [0.15, 0.2) is 0 Å². The van der Waals surface area contributed by atoms with Crippen LogP contribution in [0.2, 0.25) is 5.31 Å². The molecular formula is C11H25B. The lowest BCUT2D eigenvalue weighted by atomic mass is 9.53. The summed E-state index contributed by atoms with van der Waals surface area (Å²) in [6.07, 6.45) is 5.38.